The monoisotopic (exact) mass is 278 g/mol. The predicted octanol–water partition coefficient (Wildman–Crippen LogP) is 3.30. The van der Waals surface area contributed by atoms with E-state index in [-0.39, 0.29) is 12.0 Å². The highest BCUT2D eigenvalue weighted by molar-refractivity contribution is 7.22. The molecule has 0 aliphatic rings. The summed E-state index contributed by atoms with van der Waals surface area (Å²) in [5.74, 6) is 0.166. The first-order chi connectivity index (χ1) is 9.10. The molecule has 19 heavy (non-hydrogen) atoms. The van der Waals surface area contributed by atoms with Gasteiger partial charge in [0.2, 0.25) is 0 Å². The number of hydrogen-bond donors (Lipinski definition) is 1. The van der Waals surface area contributed by atoms with Crippen LogP contribution in [0.15, 0.2) is 24.3 Å². The predicted molar refractivity (Wildman–Crippen MR) is 78.5 cm³/mol. The number of esters is 1. The summed E-state index contributed by atoms with van der Waals surface area (Å²) in [6.07, 6.45) is 0.725. The van der Waals surface area contributed by atoms with Gasteiger partial charge in [-0.25, -0.2) is 9.78 Å². The molecule has 1 atom stereocenters. The van der Waals surface area contributed by atoms with E-state index in [4.69, 9.17) is 4.74 Å². The molecule has 5 heteroatoms. The third-order valence-electron chi connectivity index (χ3n) is 2.78. The molecule has 4 nitrogen and oxygen atoms in total. The van der Waals surface area contributed by atoms with Gasteiger partial charge >= 0.3 is 5.97 Å². The number of para-hydroxylation sites is 1. The summed E-state index contributed by atoms with van der Waals surface area (Å²) in [7, 11) is 1.41. The van der Waals surface area contributed by atoms with Crippen LogP contribution in [-0.2, 0) is 9.53 Å². The highest BCUT2D eigenvalue weighted by Gasteiger charge is 2.21. The van der Waals surface area contributed by atoms with E-state index in [1.165, 1.54) is 7.11 Å². The third kappa shape index (κ3) is 3.44. The Morgan fingerprint density at radius 3 is 2.79 bits per heavy atom. The molecule has 1 heterocycles. The molecule has 1 aromatic heterocycles. The summed E-state index contributed by atoms with van der Waals surface area (Å²) in [6, 6.07) is 7.58. The van der Waals surface area contributed by atoms with Crippen molar-refractivity contribution in [1.29, 1.82) is 0 Å². The fraction of sp³-hybridized carbons (Fsp3) is 0.429. The Morgan fingerprint density at radius 2 is 2.16 bits per heavy atom. The summed E-state index contributed by atoms with van der Waals surface area (Å²) in [6.45, 7) is 4.16. The van der Waals surface area contributed by atoms with E-state index in [2.05, 4.69) is 24.1 Å². The van der Waals surface area contributed by atoms with Gasteiger partial charge in [-0.1, -0.05) is 37.3 Å². The standard InChI is InChI=1S/C14H18N2O2S/c1-9(2)8-11(13(17)18-3)16-14-15-10-6-4-5-7-12(10)19-14/h4-7,9,11H,8H2,1-3H3,(H,15,16). The molecule has 0 radical (unpaired) electrons. The lowest BCUT2D eigenvalue weighted by atomic mass is 10.0. The molecular weight excluding hydrogens is 260 g/mol. The molecule has 1 unspecified atom stereocenters. The molecule has 0 spiro atoms. The molecule has 0 saturated heterocycles. The lowest BCUT2D eigenvalue weighted by molar-refractivity contribution is -0.141. The van der Waals surface area contributed by atoms with Crippen molar-refractivity contribution in [2.24, 2.45) is 5.92 Å². The van der Waals surface area contributed by atoms with Gasteiger partial charge in [0.05, 0.1) is 17.3 Å². The fourth-order valence-electron chi connectivity index (χ4n) is 1.91. The number of nitrogens with one attached hydrogen (secondary N) is 1. The van der Waals surface area contributed by atoms with Crippen molar-refractivity contribution in [3.05, 3.63) is 24.3 Å². The van der Waals surface area contributed by atoms with Crippen molar-refractivity contribution in [3.8, 4) is 0 Å². The van der Waals surface area contributed by atoms with E-state index in [1.807, 2.05) is 24.3 Å². The fourth-order valence-corrected chi connectivity index (χ4v) is 2.83. The van der Waals surface area contributed by atoms with Crippen LogP contribution in [0.3, 0.4) is 0 Å². The highest BCUT2D eigenvalue weighted by atomic mass is 32.1. The van der Waals surface area contributed by atoms with Gasteiger partial charge in [-0.05, 0) is 24.5 Å². The number of anilines is 1. The minimum atomic E-state index is -0.342. The zero-order valence-electron chi connectivity index (χ0n) is 11.3. The number of benzene rings is 1. The maximum absolute atomic E-state index is 11.8. The Balaban J connectivity index is 2.17. The van der Waals surface area contributed by atoms with Gasteiger partial charge in [0, 0.05) is 0 Å². The summed E-state index contributed by atoms with van der Waals surface area (Å²) in [5, 5.41) is 3.94. The maximum atomic E-state index is 11.8. The van der Waals surface area contributed by atoms with Crippen LogP contribution in [0.4, 0.5) is 5.13 Å². The lowest BCUT2D eigenvalue weighted by Gasteiger charge is -2.17. The topological polar surface area (TPSA) is 51.2 Å². The number of ether oxygens (including phenoxy) is 1. The number of nitrogens with zero attached hydrogens (tertiary/aromatic N) is 1. The number of methoxy groups -OCH3 is 1. The smallest absolute Gasteiger partial charge is 0.328 e. The molecule has 2 rings (SSSR count). The summed E-state index contributed by atoms with van der Waals surface area (Å²) in [5.41, 5.74) is 0.947. The first kappa shape index (κ1) is 13.8. The van der Waals surface area contributed by atoms with E-state index in [9.17, 15) is 4.79 Å². The van der Waals surface area contributed by atoms with E-state index >= 15 is 0 Å². The van der Waals surface area contributed by atoms with Crippen molar-refractivity contribution < 1.29 is 9.53 Å². The summed E-state index contributed by atoms with van der Waals surface area (Å²) in [4.78, 5) is 16.2. The molecule has 0 aliphatic heterocycles. The van der Waals surface area contributed by atoms with Gasteiger partial charge in [-0.2, -0.15) is 0 Å². The van der Waals surface area contributed by atoms with Crippen LogP contribution >= 0.6 is 11.3 Å². The SMILES string of the molecule is COC(=O)C(CC(C)C)Nc1nc2ccccc2s1. The van der Waals surface area contributed by atoms with Crippen LogP contribution < -0.4 is 5.32 Å². The molecule has 0 saturated carbocycles. The minimum Gasteiger partial charge on any atom is -0.467 e. The quantitative estimate of drug-likeness (QED) is 0.853. The van der Waals surface area contributed by atoms with E-state index < -0.39 is 0 Å². The van der Waals surface area contributed by atoms with Crippen molar-refractivity contribution in [2.75, 3.05) is 12.4 Å². The van der Waals surface area contributed by atoms with Crippen LogP contribution in [0.2, 0.25) is 0 Å². The second-order valence-corrected chi connectivity index (χ2v) is 5.87. The minimum absolute atomic E-state index is 0.243. The van der Waals surface area contributed by atoms with E-state index in [1.54, 1.807) is 11.3 Å². The number of thiazole rings is 1. The summed E-state index contributed by atoms with van der Waals surface area (Å²) < 4.78 is 5.94. The number of hydrogen-bond acceptors (Lipinski definition) is 5. The average molecular weight is 278 g/mol. The van der Waals surface area contributed by atoms with Crippen molar-refractivity contribution in [3.63, 3.8) is 0 Å². The van der Waals surface area contributed by atoms with Crippen LogP contribution in [-0.4, -0.2) is 24.1 Å². The third-order valence-corrected chi connectivity index (χ3v) is 3.75. The Hall–Kier alpha value is -1.62. The summed E-state index contributed by atoms with van der Waals surface area (Å²) >= 11 is 1.55. The number of aromatic nitrogens is 1. The van der Waals surface area contributed by atoms with Crippen molar-refractivity contribution in [1.82, 2.24) is 4.98 Å². The highest BCUT2D eigenvalue weighted by Crippen LogP contribution is 2.26. The molecule has 0 aliphatic carbocycles. The van der Waals surface area contributed by atoms with E-state index in [0.29, 0.717) is 5.92 Å². The zero-order chi connectivity index (χ0) is 13.8. The second kappa shape index (κ2) is 6.02. The molecule has 0 fully saturated rings. The van der Waals surface area contributed by atoms with Gasteiger partial charge in [-0.3, -0.25) is 0 Å². The Morgan fingerprint density at radius 1 is 1.42 bits per heavy atom. The van der Waals surface area contributed by atoms with Crippen molar-refractivity contribution in [2.45, 2.75) is 26.3 Å². The Labute approximate surface area is 116 Å². The first-order valence-electron chi connectivity index (χ1n) is 6.30. The maximum Gasteiger partial charge on any atom is 0.328 e. The van der Waals surface area contributed by atoms with Crippen molar-refractivity contribution >= 4 is 32.7 Å². The van der Waals surface area contributed by atoms with Crippen LogP contribution in [0, 0.1) is 5.92 Å². The largest absolute Gasteiger partial charge is 0.467 e. The molecule has 1 aromatic carbocycles. The normalized spacial score (nSPS) is 12.6. The second-order valence-electron chi connectivity index (χ2n) is 4.84. The molecule has 0 bridgehead atoms. The van der Waals surface area contributed by atoms with Gasteiger partial charge < -0.3 is 10.1 Å². The Kier molecular flexibility index (Phi) is 4.37. The first-order valence-corrected chi connectivity index (χ1v) is 7.11. The van der Waals surface area contributed by atoms with Gasteiger partial charge in [0.15, 0.2) is 5.13 Å². The molecule has 0 amide bonds. The number of carbonyl (C=O) groups is 1. The molecule has 2 aromatic rings. The lowest BCUT2D eigenvalue weighted by Crippen LogP contribution is -2.32. The van der Waals surface area contributed by atoms with Crippen LogP contribution in [0.5, 0.6) is 0 Å². The average Bonchev–Trinajstić information content (AvgIpc) is 2.78. The van der Waals surface area contributed by atoms with Crippen LogP contribution in [0.1, 0.15) is 20.3 Å². The zero-order valence-corrected chi connectivity index (χ0v) is 12.2. The molecule has 1 N–H and O–H groups in total. The molecular formula is C14H18N2O2S. The van der Waals surface area contributed by atoms with E-state index in [0.717, 1.165) is 21.8 Å². The number of fused-ring (bicyclic) bond motifs is 1. The van der Waals surface area contributed by atoms with Crippen LogP contribution in [0.25, 0.3) is 10.2 Å². The van der Waals surface area contributed by atoms with Gasteiger partial charge in [0.1, 0.15) is 6.04 Å². The number of carbonyl (C=O) groups excluding carboxylic acids is 1. The molecule has 102 valence electrons. The van der Waals surface area contributed by atoms with Gasteiger partial charge in [-0.15, -0.1) is 0 Å². The van der Waals surface area contributed by atoms with Gasteiger partial charge in [0.25, 0.3) is 0 Å². The number of rotatable bonds is 5. The Bertz CT molecular complexity index is 532.